The minimum absolute atomic E-state index is 0.329. The van der Waals surface area contributed by atoms with Gasteiger partial charge in [-0.2, -0.15) is 0 Å². The summed E-state index contributed by atoms with van der Waals surface area (Å²) in [7, 11) is 1.37. The van der Waals surface area contributed by atoms with Gasteiger partial charge in [0.05, 0.1) is 12.7 Å². The third kappa shape index (κ3) is 3.81. The minimum Gasteiger partial charge on any atom is -0.465 e. The van der Waals surface area contributed by atoms with E-state index in [0.29, 0.717) is 23.7 Å². The second-order valence-corrected chi connectivity index (χ2v) is 4.95. The molecule has 1 aromatic rings. The summed E-state index contributed by atoms with van der Waals surface area (Å²) in [6.07, 6.45) is 3.54. The Morgan fingerprint density at radius 1 is 1.37 bits per heavy atom. The summed E-state index contributed by atoms with van der Waals surface area (Å²) in [5, 5.41) is 3.31. The van der Waals surface area contributed by atoms with Crippen molar-refractivity contribution in [3.8, 4) is 0 Å². The van der Waals surface area contributed by atoms with Crippen LogP contribution in [0.5, 0.6) is 0 Å². The van der Waals surface area contributed by atoms with Gasteiger partial charge in [-0.3, -0.25) is 4.79 Å². The minimum atomic E-state index is -0.329. The standard InChI is InChI=1S/C15H19NO3/c1-19-15(18)12-5-7-13(8-6-12)16-10-11-3-2-4-14(17)9-11/h5-8,11,16H,2-4,9-10H2,1H3. The highest BCUT2D eigenvalue weighted by Gasteiger charge is 2.18. The lowest BCUT2D eigenvalue weighted by atomic mass is 9.88. The van der Waals surface area contributed by atoms with Crippen molar-refractivity contribution in [1.82, 2.24) is 0 Å². The first-order chi connectivity index (χ1) is 9.19. The number of ether oxygens (including phenoxy) is 1. The fourth-order valence-electron chi connectivity index (χ4n) is 2.39. The number of ketones is 1. The molecule has 1 N–H and O–H groups in total. The van der Waals surface area contributed by atoms with Gasteiger partial charge in [0.25, 0.3) is 0 Å². The molecule has 0 radical (unpaired) electrons. The number of hydrogen-bond acceptors (Lipinski definition) is 4. The average molecular weight is 261 g/mol. The maximum Gasteiger partial charge on any atom is 0.337 e. The molecule has 0 heterocycles. The molecule has 1 atom stereocenters. The molecule has 1 unspecified atom stereocenters. The van der Waals surface area contributed by atoms with Gasteiger partial charge in [0, 0.05) is 25.1 Å². The molecular weight excluding hydrogens is 242 g/mol. The highest BCUT2D eigenvalue weighted by atomic mass is 16.5. The molecule has 0 spiro atoms. The lowest BCUT2D eigenvalue weighted by Crippen LogP contribution is -2.22. The van der Waals surface area contributed by atoms with Crippen molar-refractivity contribution in [2.75, 3.05) is 19.0 Å². The molecule has 1 aliphatic rings. The fourth-order valence-corrected chi connectivity index (χ4v) is 2.39. The number of hydrogen-bond donors (Lipinski definition) is 1. The Morgan fingerprint density at radius 3 is 2.74 bits per heavy atom. The number of nitrogens with one attached hydrogen (secondary N) is 1. The number of methoxy groups -OCH3 is 1. The van der Waals surface area contributed by atoms with E-state index in [0.717, 1.165) is 31.5 Å². The molecule has 19 heavy (non-hydrogen) atoms. The summed E-state index contributed by atoms with van der Waals surface area (Å²) >= 11 is 0. The predicted molar refractivity (Wildman–Crippen MR) is 73.2 cm³/mol. The first-order valence-corrected chi connectivity index (χ1v) is 6.63. The van der Waals surface area contributed by atoms with Gasteiger partial charge in [-0.1, -0.05) is 0 Å². The van der Waals surface area contributed by atoms with Crippen molar-refractivity contribution in [1.29, 1.82) is 0 Å². The maximum atomic E-state index is 11.4. The van der Waals surface area contributed by atoms with Crippen LogP contribution < -0.4 is 5.32 Å². The van der Waals surface area contributed by atoms with E-state index in [1.165, 1.54) is 7.11 Å². The van der Waals surface area contributed by atoms with Crippen LogP contribution in [0.2, 0.25) is 0 Å². The van der Waals surface area contributed by atoms with E-state index in [-0.39, 0.29) is 5.97 Å². The van der Waals surface area contributed by atoms with E-state index >= 15 is 0 Å². The number of benzene rings is 1. The van der Waals surface area contributed by atoms with Crippen LogP contribution in [0.1, 0.15) is 36.0 Å². The SMILES string of the molecule is COC(=O)c1ccc(NCC2CCCC(=O)C2)cc1. The molecule has 1 fully saturated rings. The van der Waals surface area contributed by atoms with E-state index in [4.69, 9.17) is 0 Å². The molecule has 1 aliphatic carbocycles. The summed E-state index contributed by atoms with van der Waals surface area (Å²) < 4.78 is 4.65. The fraction of sp³-hybridized carbons (Fsp3) is 0.467. The molecule has 0 aromatic heterocycles. The maximum absolute atomic E-state index is 11.4. The summed E-state index contributed by atoms with van der Waals surface area (Å²) in [6, 6.07) is 7.19. The zero-order chi connectivity index (χ0) is 13.7. The van der Waals surface area contributed by atoms with Crippen LogP contribution >= 0.6 is 0 Å². The van der Waals surface area contributed by atoms with Crippen molar-refractivity contribution in [3.05, 3.63) is 29.8 Å². The zero-order valence-electron chi connectivity index (χ0n) is 11.1. The van der Waals surface area contributed by atoms with Crippen molar-refractivity contribution in [3.63, 3.8) is 0 Å². The Balaban J connectivity index is 1.86. The monoisotopic (exact) mass is 261 g/mol. The van der Waals surface area contributed by atoms with Crippen molar-refractivity contribution in [2.24, 2.45) is 5.92 Å². The lowest BCUT2D eigenvalue weighted by Gasteiger charge is -2.21. The molecule has 0 aliphatic heterocycles. The van der Waals surface area contributed by atoms with E-state index < -0.39 is 0 Å². The average Bonchev–Trinajstić information content (AvgIpc) is 2.45. The number of Topliss-reactive ketones (excluding diaryl/α,β-unsaturated/α-hetero) is 1. The zero-order valence-corrected chi connectivity index (χ0v) is 11.1. The molecule has 1 saturated carbocycles. The third-order valence-corrected chi connectivity index (χ3v) is 3.49. The molecule has 0 saturated heterocycles. The molecular formula is C15H19NO3. The van der Waals surface area contributed by atoms with Gasteiger partial charge in [-0.05, 0) is 43.0 Å². The molecule has 2 rings (SSSR count). The smallest absolute Gasteiger partial charge is 0.337 e. The number of esters is 1. The van der Waals surface area contributed by atoms with Crippen LogP contribution in [0, 0.1) is 5.92 Å². The number of carbonyl (C=O) groups is 2. The number of rotatable bonds is 4. The summed E-state index contributed by atoms with van der Waals surface area (Å²) in [4.78, 5) is 22.6. The van der Waals surface area contributed by atoms with E-state index in [1.807, 2.05) is 12.1 Å². The van der Waals surface area contributed by atoms with Gasteiger partial charge in [0.1, 0.15) is 5.78 Å². The largest absolute Gasteiger partial charge is 0.465 e. The Bertz CT molecular complexity index is 453. The van der Waals surface area contributed by atoms with Crippen LogP contribution in [-0.2, 0) is 9.53 Å². The Morgan fingerprint density at radius 2 is 2.11 bits per heavy atom. The second-order valence-electron chi connectivity index (χ2n) is 4.95. The first kappa shape index (κ1) is 13.6. The molecule has 1 aromatic carbocycles. The van der Waals surface area contributed by atoms with Gasteiger partial charge in [0.2, 0.25) is 0 Å². The van der Waals surface area contributed by atoms with Gasteiger partial charge >= 0.3 is 5.97 Å². The van der Waals surface area contributed by atoms with E-state index in [9.17, 15) is 9.59 Å². The van der Waals surface area contributed by atoms with Crippen molar-refractivity contribution in [2.45, 2.75) is 25.7 Å². The van der Waals surface area contributed by atoms with Gasteiger partial charge in [0.15, 0.2) is 0 Å². The normalized spacial score (nSPS) is 19.0. The Labute approximate surface area is 113 Å². The second kappa shape index (κ2) is 6.36. The van der Waals surface area contributed by atoms with Crippen LogP contribution in [-0.4, -0.2) is 25.4 Å². The van der Waals surface area contributed by atoms with Crippen LogP contribution in [0.4, 0.5) is 5.69 Å². The van der Waals surface area contributed by atoms with Gasteiger partial charge in [-0.25, -0.2) is 4.79 Å². The first-order valence-electron chi connectivity index (χ1n) is 6.63. The van der Waals surface area contributed by atoms with Gasteiger partial charge in [-0.15, -0.1) is 0 Å². The summed E-state index contributed by atoms with van der Waals surface area (Å²) in [6.45, 7) is 0.809. The predicted octanol–water partition coefficient (Wildman–Crippen LogP) is 2.64. The third-order valence-electron chi connectivity index (χ3n) is 3.49. The molecule has 0 amide bonds. The quantitative estimate of drug-likeness (QED) is 0.846. The van der Waals surface area contributed by atoms with E-state index in [1.54, 1.807) is 12.1 Å². The molecule has 4 heteroatoms. The molecule has 0 bridgehead atoms. The summed E-state index contributed by atoms with van der Waals surface area (Å²) in [5.41, 5.74) is 1.51. The van der Waals surface area contributed by atoms with Crippen LogP contribution in [0.25, 0.3) is 0 Å². The Kier molecular flexibility index (Phi) is 4.55. The number of anilines is 1. The van der Waals surface area contributed by atoms with Crippen molar-refractivity contribution >= 4 is 17.4 Å². The van der Waals surface area contributed by atoms with Crippen molar-refractivity contribution < 1.29 is 14.3 Å². The Hall–Kier alpha value is -1.84. The topological polar surface area (TPSA) is 55.4 Å². The molecule has 4 nitrogen and oxygen atoms in total. The molecule has 102 valence electrons. The van der Waals surface area contributed by atoms with Crippen LogP contribution in [0.3, 0.4) is 0 Å². The number of carbonyl (C=O) groups excluding carboxylic acids is 2. The van der Waals surface area contributed by atoms with Crippen LogP contribution in [0.15, 0.2) is 24.3 Å². The summed E-state index contributed by atoms with van der Waals surface area (Å²) in [5.74, 6) is 0.477. The highest BCUT2D eigenvalue weighted by Crippen LogP contribution is 2.22. The van der Waals surface area contributed by atoms with E-state index in [2.05, 4.69) is 10.1 Å². The highest BCUT2D eigenvalue weighted by molar-refractivity contribution is 5.89. The lowest BCUT2D eigenvalue weighted by molar-refractivity contribution is -0.121. The van der Waals surface area contributed by atoms with Gasteiger partial charge < -0.3 is 10.1 Å².